The molecule has 126 valence electrons. The smallest absolute Gasteiger partial charge is 0.374 e. The molecule has 8 nitrogen and oxygen atoms in total. The molecule has 0 radical (unpaired) electrons. The molecule has 2 heterocycles. The van der Waals surface area contributed by atoms with E-state index in [0.29, 0.717) is 11.6 Å². The molecule has 0 saturated carbocycles. The van der Waals surface area contributed by atoms with Crippen LogP contribution in [0.3, 0.4) is 0 Å². The Morgan fingerprint density at radius 3 is 2.83 bits per heavy atom. The van der Waals surface area contributed by atoms with Crippen molar-refractivity contribution in [3.05, 3.63) is 30.3 Å². The molecule has 0 bridgehead atoms. The normalized spacial score (nSPS) is 22.0. The van der Waals surface area contributed by atoms with E-state index in [2.05, 4.69) is 15.0 Å². The third kappa shape index (κ3) is 3.07. The van der Waals surface area contributed by atoms with Crippen LogP contribution in [-0.2, 0) is 19.1 Å². The van der Waals surface area contributed by atoms with Crippen molar-refractivity contribution in [2.45, 2.75) is 11.4 Å². The number of nitrogens with one attached hydrogen (secondary N) is 1. The molecule has 24 heavy (non-hydrogen) atoms. The highest BCUT2D eigenvalue weighted by Crippen LogP contribution is 2.34. The molecule has 0 aromatic heterocycles. The number of benzene rings is 1. The topological polar surface area (TPSA) is 97.3 Å². The number of methoxy groups -OCH3 is 1. The minimum Gasteiger partial charge on any atom is -0.484 e. The van der Waals surface area contributed by atoms with Gasteiger partial charge in [-0.15, -0.1) is 11.8 Å². The zero-order chi connectivity index (χ0) is 17.1. The van der Waals surface area contributed by atoms with Crippen molar-refractivity contribution in [1.29, 1.82) is 0 Å². The van der Waals surface area contributed by atoms with E-state index < -0.39 is 17.9 Å². The fourth-order valence-electron chi connectivity index (χ4n) is 2.38. The number of carbonyl (C=O) groups excluding carboxylic acids is 3. The van der Waals surface area contributed by atoms with Gasteiger partial charge in [-0.3, -0.25) is 19.5 Å². The van der Waals surface area contributed by atoms with Crippen molar-refractivity contribution >= 4 is 35.4 Å². The number of β-lactam (4-membered cyclic amide) rings is 1. The van der Waals surface area contributed by atoms with E-state index in [4.69, 9.17) is 4.74 Å². The number of carbonyl (C=O) groups is 3. The standard InChI is InChI=1S/C15H15N3O5S/c1-22-15(21)12-16-8-24-14-11(13(20)18(12)14)17-10(19)7-23-9-5-3-2-4-6-9/h2-6,11,14H,7-8H2,1H3,(H,17,19). The Morgan fingerprint density at radius 1 is 1.38 bits per heavy atom. The third-order valence-electron chi connectivity index (χ3n) is 3.53. The number of para-hydroxylation sites is 1. The maximum atomic E-state index is 12.2. The Balaban J connectivity index is 1.56. The van der Waals surface area contributed by atoms with Gasteiger partial charge in [0.1, 0.15) is 17.2 Å². The number of hydrogen-bond donors (Lipinski definition) is 1. The molecule has 2 aliphatic heterocycles. The van der Waals surface area contributed by atoms with E-state index in [-0.39, 0.29) is 23.7 Å². The number of thioether (sulfide) groups is 1. The zero-order valence-electron chi connectivity index (χ0n) is 12.8. The number of amidine groups is 1. The lowest BCUT2D eigenvalue weighted by atomic mass is 10.1. The molecule has 1 fully saturated rings. The van der Waals surface area contributed by atoms with Gasteiger partial charge in [-0.2, -0.15) is 0 Å². The molecule has 3 rings (SSSR count). The minimum atomic E-state index is -0.697. The highest BCUT2D eigenvalue weighted by atomic mass is 32.2. The minimum absolute atomic E-state index is 0.0164. The van der Waals surface area contributed by atoms with Gasteiger partial charge in [-0.1, -0.05) is 18.2 Å². The van der Waals surface area contributed by atoms with Crippen molar-refractivity contribution in [2.75, 3.05) is 19.6 Å². The Hall–Kier alpha value is -2.55. The van der Waals surface area contributed by atoms with Gasteiger partial charge in [0.2, 0.25) is 5.84 Å². The number of amides is 2. The largest absolute Gasteiger partial charge is 0.484 e. The molecular weight excluding hydrogens is 334 g/mol. The van der Waals surface area contributed by atoms with Crippen LogP contribution in [0.15, 0.2) is 35.3 Å². The van der Waals surface area contributed by atoms with Gasteiger partial charge >= 0.3 is 5.97 Å². The van der Waals surface area contributed by atoms with Gasteiger partial charge in [0.25, 0.3) is 11.8 Å². The van der Waals surface area contributed by atoms with Crippen LogP contribution >= 0.6 is 11.8 Å². The SMILES string of the molecule is COC(=O)C1=NCSC2C(NC(=O)COc3ccccc3)C(=O)N12. The summed E-state index contributed by atoms with van der Waals surface area (Å²) < 4.78 is 9.96. The molecule has 0 aliphatic carbocycles. The summed E-state index contributed by atoms with van der Waals surface area (Å²) in [6, 6.07) is 8.21. The highest BCUT2D eigenvalue weighted by Gasteiger charge is 2.53. The van der Waals surface area contributed by atoms with Gasteiger partial charge in [0, 0.05) is 0 Å². The summed E-state index contributed by atoms with van der Waals surface area (Å²) in [5.74, 6) is -0.570. The van der Waals surface area contributed by atoms with Gasteiger partial charge in [-0.25, -0.2) is 4.79 Å². The van der Waals surface area contributed by atoms with Crippen LogP contribution in [0.5, 0.6) is 5.75 Å². The molecule has 9 heteroatoms. The second-order valence-corrected chi connectivity index (χ2v) is 6.09. The number of aliphatic imine (C=N–C) groups is 1. The van der Waals surface area contributed by atoms with E-state index in [1.54, 1.807) is 24.3 Å². The predicted molar refractivity (Wildman–Crippen MR) is 86.4 cm³/mol. The maximum absolute atomic E-state index is 12.2. The molecular formula is C15H15N3O5S. The first-order valence-electron chi connectivity index (χ1n) is 7.16. The van der Waals surface area contributed by atoms with Crippen molar-refractivity contribution in [3.63, 3.8) is 0 Å². The van der Waals surface area contributed by atoms with Gasteiger partial charge < -0.3 is 14.8 Å². The predicted octanol–water partition coefficient (Wildman–Crippen LogP) is -0.00570. The van der Waals surface area contributed by atoms with Gasteiger partial charge in [0.05, 0.1) is 13.0 Å². The number of nitrogens with zero attached hydrogens (tertiary/aromatic N) is 2. The lowest BCUT2D eigenvalue weighted by molar-refractivity contribution is -0.146. The van der Waals surface area contributed by atoms with Crippen molar-refractivity contribution in [1.82, 2.24) is 10.2 Å². The van der Waals surface area contributed by atoms with Gasteiger partial charge in [-0.05, 0) is 12.1 Å². The van der Waals surface area contributed by atoms with Crippen LogP contribution in [0.2, 0.25) is 0 Å². The summed E-state index contributed by atoms with van der Waals surface area (Å²) in [6.07, 6.45) is 0. The van der Waals surface area contributed by atoms with E-state index in [1.165, 1.54) is 23.8 Å². The van der Waals surface area contributed by atoms with Gasteiger partial charge in [0.15, 0.2) is 6.61 Å². The summed E-state index contributed by atoms with van der Waals surface area (Å²) in [5, 5.41) is 2.27. The van der Waals surface area contributed by atoms with E-state index in [0.717, 1.165) is 0 Å². The Kier molecular flexibility index (Phi) is 4.70. The molecule has 2 atom stereocenters. The van der Waals surface area contributed by atoms with E-state index >= 15 is 0 Å². The quantitative estimate of drug-likeness (QED) is 0.593. The fraction of sp³-hybridized carbons (Fsp3) is 0.333. The van der Waals surface area contributed by atoms with Crippen molar-refractivity contribution < 1.29 is 23.9 Å². The van der Waals surface area contributed by atoms with Crippen LogP contribution in [0.4, 0.5) is 0 Å². The average Bonchev–Trinajstić information content (AvgIpc) is 2.63. The molecule has 0 spiro atoms. The van der Waals surface area contributed by atoms with Crippen LogP contribution in [0, 0.1) is 0 Å². The van der Waals surface area contributed by atoms with Crippen LogP contribution in [-0.4, -0.2) is 59.5 Å². The average molecular weight is 349 g/mol. The Bertz CT molecular complexity index is 694. The fourth-order valence-corrected chi connectivity index (χ4v) is 3.46. The summed E-state index contributed by atoms with van der Waals surface area (Å²) in [4.78, 5) is 41.1. The first-order chi connectivity index (χ1) is 11.6. The summed E-state index contributed by atoms with van der Waals surface area (Å²) >= 11 is 1.37. The first kappa shape index (κ1) is 16.3. The van der Waals surface area contributed by atoms with E-state index in [9.17, 15) is 14.4 Å². The van der Waals surface area contributed by atoms with Crippen molar-refractivity contribution in [2.24, 2.45) is 4.99 Å². The lowest BCUT2D eigenvalue weighted by Gasteiger charge is -2.47. The second-order valence-electron chi connectivity index (χ2n) is 5.01. The summed E-state index contributed by atoms with van der Waals surface area (Å²) in [5.41, 5.74) is 0. The Morgan fingerprint density at radius 2 is 2.12 bits per heavy atom. The molecule has 2 unspecified atom stereocenters. The summed E-state index contributed by atoms with van der Waals surface area (Å²) in [7, 11) is 1.23. The van der Waals surface area contributed by atoms with Crippen LogP contribution in [0.1, 0.15) is 0 Å². The number of rotatable bonds is 5. The van der Waals surface area contributed by atoms with Crippen LogP contribution in [0.25, 0.3) is 0 Å². The van der Waals surface area contributed by atoms with Crippen LogP contribution < -0.4 is 10.1 Å². The molecule has 2 amide bonds. The molecule has 2 aliphatic rings. The highest BCUT2D eigenvalue weighted by molar-refractivity contribution is 8.00. The molecule has 1 aromatic rings. The number of hydrogen-bond acceptors (Lipinski definition) is 7. The zero-order valence-corrected chi connectivity index (χ0v) is 13.6. The number of fused-ring (bicyclic) bond motifs is 1. The van der Waals surface area contributed by atoms with E-state index in [1.807, 2.05) is 6.07 Å². The third-order valence-corrected chi connectivity index (χ3v) is 4.63. The molecule has 1 saturated heterocycles. The maximum Gasteiger partial charge on any atom is 0.374 e. The second kappa shape index (κ2) is 6.91. The monoisotopic (exact) mass is 349 g/mol. The Labute approximate surface area is 142 Å². The summed E-state index contributed by atoms with van der Waals surface area (Å²) in [6.45, 7) is -0.191. The number of esters is 1. The van der Waals surface area contributed by atoms with Crippen molar-refractivity contribution in [3.8, 4) is 5.75 Å². The molecule has 1 N–H and O–H groups in total. The molecule has 1 aromatic carbocycles. The first-order valence-corrected chi connectivity index (χ1v) is 8.21. The lowest BCUT2D eigenvalue weighted by Crippen LogP contribution is -2.73. The number of ether oxygens (including phenoxy) is 2.